The van der Waals surface area contributed by atoms with Gasteiger partial charge < -0.3 is 5.11 Å². The fourth-order valence-electron chi connectivity index (χ4n) is 2.19. The number of nitrogens with zero attached hydrogens (tertiary/aromatic N) is 1. The minimum atomic E-state index is -0.738. The summed E-state index contributed by atoms with van der Waals surface area (Å²) < 4.78 is 0. The van der Waals surface area contributed by atoms with E-state index in [1.54, 1.807) is 6.92 Å². The van der Waals surface area contributed by atoms with Crippen LogP contribution in [0, 0.1) is 5.92 Å². The maximum Gasteiger partial charge on any atom is 0.306 e. The number of aliphatic carboxylic acids is 1. The SMILES string of the molecule is CC(Cc1cnc2c(c1)CCCC2)C(=O)O. The molecule has 3 heteroatoms. The summed E-state index contributed by atoms with van der Waals surface area (Å²) in [6.07, 6.45) is 7.04. The highest BCUT2D eigenvalue weighted by molar-refractivity contribution is 5.69. The Labute approximate surface area is 95.5 Å². The van der Waals surface area contributed by atoms with Gasteiger partial charge in [0.1, 0.15) is 0 Å². The first-order valence-corrected chi connectivity index (χ1v) is 5.86. The molecule has 0 spiro atoms. The van der Waals surface area contributed by atoms with Crippen molar-refractivity contribution >= 4 is 5.97 Å². The first-order valence-electron chi connectivity index (χ1n) is 5.86. The summed E-state index contributed by atoms with van der Waals surface area (Å²) in [6, 6.07) is 2.14. The number of pyridine rings is 1. The van der Waals surface area contributed by atoms with Gasteiger partial charge in [-0.1, -0.05) is 13.0 Å². The lowest BCUT2D eigenvalue weighted by Crippen LogP contribution is -2.13. The number of hydrogen-bond acceptors (Lipinski definition) is 2. The number of hydrogen-bond donors (Lipinski definition) is 1. The Morgan fingerprint density at radius 2 is 2.25 bits per heavy atom. The molecule has 1 atom stereocenters. The molecular weight excluding hydrogens is 202 g/mol. The molecule has 1 aromatic heterocycles. The number of carboxylic acids is 1. The molecule has 0 saturated carbocycles. The van der Waals surface area contributed by atoms with Crippen LogP contribution in [0.1, 0.15) is 36.6 Å². The topological polar surface area (TPSA) is 50.2 Å². The summed E-state index contributed by atoms with van der Waals surface area (Å²) >= 11 is 0. The van der Waals surface area contributed by atoms with Crippen molar-refractivity contribution in [1.29, 1.82) is 0 Å². The van der Waals surface area contributed by atoms with E-state index in [-0.39, 0.29) is 5.92 Å². The Hall–Kier alpha value is -1.38. The second-order valence-corrected chi connectivity index (χ2v) is 4.60. The van der Waals surface area contributed by atoms with Crippen LogP contribution < -0.4 is 0 Å². The van der Waals surface area contributed by atoms with Crippen LogP contribution in [-0.4, -0.2) is 16.1 Å². The number of aryl methyl sites for hydroxylation is 2. The van der Waals surface area contributed by atoms with Crippen LogP contribution in [-0.2, 0) is 24.1 Å². The average molecular weight is 219 g/mol. The third-order valence-electron chi connectivity index (χ3n) is 3.19. The average Bonchev–Trinajstić information content (AvgIpc) is 2.28. The van der Waals surface area contributed by atoms with Crippen LogP contribution in [0.3, 0.4) is 0 Å². The summed E-state index contributed by atoms with van der Waals surface area (Å²) in [7, 11) is 0. The second-order valence-electron chi connectivity index (χ2n) is 4.60. The lowest BCUT2D eigenvalue weighted by Gasteiger charge is -2.16. The Balaban J connectivity index is 2.14. The van der Waals surface area contributed by atoms with E-state index in [1.807, 2.05) is 6.20 Å². The van der Waals surface area contributed by atoms with E-state index < -0.39 is 5.97 Å². The molecule has 1 aliphatic carbocycles. The van der Waals surface area contributed by atoms with Crippen molar-refractivity contribution in [3.63, 3.8) is 0 Å². The normalized spacial score (nSPS) is 16.6. The van der Waals surface area contributed by atoms with E-state index >= 15 is 0 Å². The van der Waals surface area contributed by atoms with Gasteiger partial charge in [-0.15, -0.1) is 0 Å². The molecule has 1 aromatic rings. The van der Waals surface area contributed by atoms with Gasteiger partial charge in [0.2, 0.25) is 0 Å². The number of aromatic nitrogens is 1. The van der Waals surface area contributed by atoms with E-state index in [1.165, 1.54) is 24.1 Å². The maximum atomic E-state index is 10.8. The first kappa shape index (κ1) is 11.1. The van der Waals surface area contributed by atoms with Crippen molar-refractivity contribution in [2.75, 3.05) is 0 Å². The Morgan fingerprint density at radius 1 is 1.50 bits per heavy atom. The molecule has 0 radical (unpaired) electrons. The molecule has 1 aliphatic rings. The van der Waals surface area contributed by atoms with Crippen LogP contribution in [0.5, 0.6) is 0 Å². The zero-order valence-electron chi connectivity index (χ0n) is 9.57. The van der Waals surface area contributed by atoms with E-state index in [2.05, 4.69) is 11.1 Å². The summed E-state index contributed by atoms with van der Waals surface area (Å²) in [5.74, 6) is -1.07. The second kappa shape index (κ2) is 4.64. The fraction of sp³-hybridized carbons (Fsp3) is 0.538. The minimum Gasteiger partial charge on any atom is -0.481 e. The molecule has 1 heterocycles. The van der Waals surface area contributed by atoms with Crippen molar-refractivity contribution in [2.24, 2.45) is 5.92 Å². The van der Waals surface area contributed by atoms with Gasteiger partial charge >= 0.3 is 5.97 Å². The molecule has 0 aromatic carbocycles. The largest absolute Gasteiger partial charge is 0.481 e. The maximum absolute atomic E-state index is 10.8. The van der Waals surface area contributed by atoms with Gasteiger partial charge in [0.15, 0.2) is 0 Å². The highest BCUT2D eigenvalue weighted by Crippen LogP contribution is 2.21. The third-order valence-corrected chi connectivity index (χ3v) is 3.19. The molecule has 0 saturated heterocycles. The summed E-state index contributed by atoms with van der Waals surface area (Å²) in [6.45, 7) is 1.74. The predicted octanol–water partition coefficient (Wildman–Crippen LogP) is 2.22. The molecule has 0 amide bonds. The Morgan fingerprint density at radius 3 is 3.00 bits per heavy atom. The fourth-order valence-corrected chi connectivity index (χ4v) is 2.19. The van der Waals surface area contributed by atoms with Gasteiger partial charge in [0.05, 0.1) is 5.92 Å². The number of carboxylic acid groups (broad SMARTS) is 1. The van der Waals surface area contributed by atoms with Gasteiger partial charge in [-0.2, -0.15) is 0 Å². The van der Waals surface area contributed by atoms with Crippen molar-refractivity contribution in [1.82, 2.24) is 4.98 Å². The van der Waals surface area contributed by atoms with Crippen molar-refractivity contribution in [2.45, 2.75) is 39.0 Å². The summed E-state index contributed by atoms with van der Waals surface area (Å²) in [4.78, 5) is 15.2. The molecule has 86 valence electrons. The molecule has 1 N–H and O–H groups in total. The smallest absolute Gasteiger partial charge is 0.306 e. The standard InChI is InChI=1S/C13H17NO2/c1-9(13(15)16)6-10-7-11-4-2-3-5-12(11)14-8-10/h7-9H,2-6H2,1H3,(H,15,16). The Kier molecular flexibility index (Phi) is 3.22. The van der Waals surface area contributed by atoms with E-state index in [9.17, 15) is 4.79 Å². The van der Waals surface area contributed by atoms with Gasteiger partial charge in [-0.3, -0.25) is 9.78 Å². The van der Waals surface area contributed by atoms with Crippen molar-refractivity contribution < 1.29 is 9.90 Å². The predicted molar refractivity (Wildman–Crippen MR) is 61.4 cm³/mol. The zero-order chi connectivity index (χ0) is 11.5. The quantitative estimate of drug-likeness (QED) is 0.848. The van der Waals surface area contributed by atoms with Gasteiger partial charge in [-0.25, -0.2) is 0 Å². The summed E-state index contributed by atoms with van der Waals surface area (Å²) in [5.41, 5.74) is 3.58. The highest BCUT2D eigenvalue weighted by atomic mass is 16.4. The molecule has 3 nitrogen and oxygen atoms in total. The van der Waals surface area contributed by atoms with Gasteiger partial charge in [0, 0.05) is 11.9 Å². The highest BCUT2D eigenvalue weighted by Gasteiger charge is 2.15. The molecule has 2 rings (SSSR count). The van der Waals surface area contributed by atoms with Crippen LogP contribution in [0.4, 0.5) is 0 Å². The third kappa shape index (κ3) is 2.40. The number of carbonyl (C=O) groups is 1. The van der Waals surface area contributed by atoms with Crippen molar-refractivity contribution in [3.05, 3.63) is 29.1 Å². The molecule has 0 fully saturated rings. The summed E-state index contributed by atoms with van der Waals surface area (Å²) in [5, 5.41) is 8.86. The zero-order valence-corrected chi connectivity index (χ0v) is 9.57. The molecular formula is C13H17NO2. The monoisotopic (exact) mass is 219 g/mol. The van der Waals surface area contributed by atoms with Gasteiger partial charge in [0.25, 0.3) is 0 Å². The van der Waals surface area contributed by atoms with Crippen molar-refractivity contribution in [3.8, 4) is 0 Å². The lowest BCUT2D eigenvalue weighted by molar-refractivity contribution is -0.141. The van der Waals surface area contributed by atoms with E-state index in [0.29, 0.717) is 6.42 Å². The first-order chi connectivity index (χ1) is 7.66. The van der Waals surface area contributed by atoms with Crippen LogP contribution in [0.15, 0.2) is 12.3 Å². The molecule has 0 bridgehead atoms. The minimum absolute atomic E-state index is 0.330. The number of fused-ring (bicyclic) bond motifs is 1. The van der Waals surface area contributed by atoms with Crippen LogP contribution in [0.25, 0.3) is 0 Å². The van der Waals surface area contributed by atoms with E-state index in [0.717, 1.165) is 18.4 Å². The van der Waals surface area contributed by atoms with E-state index in [4.69, 9.17) is 5.11 Å². The van der Waals surface area contributed by atoms with Gasteiger partial charge in [-0.05, 0) is 43.2 Å². The Bertz CT molecular complexity index is 401. The van der Waals surface area contributed by atoms with Crippen LogP contribution >= 0.6 is 0 Å². The van der Waals surface area contributed by atoms with Crippen LogP contribution in [0.2, 0.25) is 0 Å². The lowest BCUT2D eigenvalue weighted by atomic mass is 9.93. The molecule has 1 unspecified atom stereocenters. The molecule has 0 aliphatic heterocycles. The molecule has 16 heavy (non-hydrogen) atoms. The number of rotatable bonds is 3.